The lowest BCUT2D eigenvalue weighted by Gasteiger charge is -2.37. The van der Waals surface area contributed by atoms with E-state index >= 15 is 0 Å². The fourth-order valence-corrected chi connectivity index (χ4v) is 5.59. The lowest BCUT2D eigenvalue weighted by atomic mass is 9.96. The predicted molar refractivity (Wildman–Crippen MR) is 157 cm³/mol. The Morgan fingerprint density at radius 3 is 2.27 bits per heavy atom. The van der Waals surface area contributed by atoms with Crippen LogP contribution in [-0.2, 0) is 33.7 Å². The molecular weight excluding hydrogens is 520 g/mol. The summed E-state index contributed by atoms with van der Waals surface area (Å²) >= 11 is 0. The Hall–Kier alpha value is -4.21. The number of hydrogen-bond donors (Lipinski definition) is 0. The minimum Gasteiger partial charge on any atom is -0.488 e. The van der Waals surface area contributed by atoms with Crippen molar-refractivity contribution >= 4 is 23.5 Å². The summed E-state index contributed by atoms with van der Waals surface area (Å²) in [6.07, 6.45) is 1.76. The molecule has 2 aromatic heterocycles. The van der Waals surface area contributed by atoms with Crippen LogP contribution in [0.3, 0.4) is 0 Å². The summed E-state index contributed by atoms with van der Waals surface area (Å²) in [5.41, 5.74) is 6.39. The molecule has 1 fully saturated rings. The maximum absolute atomic E-state index is 12.5. The third-order valence-corrected chi connectivity index (χ3v) is 7.89. The van der Waals surface area contributed by atoms with Gasteiger partial charge in [-0.25, -0.2) is 19.7 Å². The molecular formula is C31H38N6O4. The third-order valence-electron chi connectivity index (χ3n) is 7.89. The number of esters is 1. The maximum atomic E-state index is 12.5. The molecule has 1 saturated heterocycles. The summed E-state index contributed by atoms with van der Waals surface area (Å²) in [6, 6.07) is 10.3. The first-order valence-corrected chi connectivity index (χ1v) is 14.3. The zero-order valence-electron chi connectivity index (χ0n) is 24.6. The number of anilines is 2. The summed E-state index contributed by atoms with van der Waals surface area (Å²) in [4.78, 5) is 45.4. The summed E-state index contributed by atoms with van der Waals surface area (Å²) in [7, 11) is 1.23. The lowest BCUT2D eigenvalue weighted by molar-refractivity contribution is -0.158. The van der Waals surface area contributed by atoms with Gasteiger partial charge in [0.15, 0.2) is 17.4 Å². The van der Waals surface area contributed by atoms with Crippen molar-refractivity contribution in [2.24, 2.45) is 0 Å². The van der Waals surface area contributed by atoms with Crippen LogP contribution in [0.2, 0.25) is 0 Å². The highest BCUT2D eigenvalue weighted by Gasteiger charge is 2.30. The molecule has 0 radical (unpaired) electrons. The van der Waals surface area contributed by atoms with Crippen molar-refractivity contribution in [3.8, 4) is 17.1 Å². The van der Waals surface area contributed by atoms with Crippen molar-refractivity contribution in [2.75, 3.05) is 56.2 Å². The van der Waals surface area contributed by atoms with Crippen LogP contribution in [0.15, 0.2) is 30.3 Å². The Morgan fingerprint density at radius 2 is 1.61 bits per heavy atom. The highest BCUT2D eigenvalue weighted by molar-refractivity contribution is 6.32. The molecule has 0 N–H and O–H groups in total. The number of fused-ring (bicyclic) bond motifs is 1. The standard InChI is InChI=1S/C31H38N6O4/c1-6-22-9-8-10-23(7-2)26(22)27-33-21(4)24(19-37-17-18-41-25-12-11-20(3)32-29(25)37)28(34-27)35-13-15-36(16-14-35)30(38)31(39)40-5/h8-12H,6-7,13-19H2,1-5H3. The maximum Gasteiger partial charge on any atom is 0.396 e. The normalized spacial score (nSPS) is 14.9. The van der Waals surface area contributed by atoms with E-state index in [2.05, 4.69) is 46.6 Å². The van der Waals surface area contributed by atoms with Gasteiger partial charge in [0, 0.05) is 48.7 Å². The van der Waals surface area contributed by atoms with Gasteiger partial charge < -0.3 is 24.2 Å². The molecule has 10 heteroatoms. The highest BCUT2D eigenvalue weighted by Crippen LogP contribution is 2.35. The number of methoxy groups -OCH3 is 1. The van der Waals surface area contributed by atoms with E-state index in [1.165, 1.54) is 18.2 Å². The second-order valence-electron chi connectivity index (χ2n) is 10.4. The smallest absolute Gasteiger partial charge is 0.396 e. The minimum atomic E-state index is -0.837. The average molecular weight is 559 g/mol. The number of nitrogens with zero attached hydrogens (tertiary/aromatic N) is 6. The zero-order valence-corrected chi connectivity index (χ0v) is 24.6. The molecule has 41 heavy (non-hydrogen) atoms. The Balaban J connectivity index is 1.56. The molecule has 2 aliphatic heterocycles. The molecule has 216 valence electrons. The largest absolute Gasteiger partial charge is 0.488 e. The fourth-order valence-electron chi connectivity index (χ4n) is 5.59. The Labute approximate surface area is 241 Å². The van der Waals surface area contributed by atoms with Crippen LogP contribution in [0.1, 0.15) is 41.9 Å². The first-order valence-electron chi connectivity index (χ1n) is 14.3. The van der Waals surface area contributed by atoms with Gasteiger partial charge in [-0.15, -0.1) is 0 Å². The van der Waals surface area contributed by atoms with E-state index in [9.17, 15) is 9.59 Å². The number of carbonyl (C=O) groups excluding carboxylic acids is 2. The molecule has 1 amide bonds. The van der Waals surface area contributed by atoms with Crippen molar-refractivity contribution < 1.29 is 19.1 Å². The SMILES string of the molecule is CCc1cccc(CC)c1-c1nc(C)c(CN2CCOc3ccc(C)nc32)c(N2CCN(C(=O)C(=O)OC)CC2)n1. The Morgan fingerprint density at radius 1 is 0.902 bits per heavy atom. The zero-order chi connectivity index (χ0) is 29.1. The molecule has 2 aliphatic rings. The fraction of sp³-hybridized carbons (Fsp3) is 0.452. The second-order valence-corrected chi connectivity index (χ2v) is 10.4. The van der Waals surface area contributed by atoms with Crippen LogP contribution in [0.5, 0.6) is 5.75 Å². The molecule has 3 aromatic rings. The first-order chi connectivity index (χ1) is 19.8. The van der Waals surface area contributed by atoms with Crippen molar-refractivity contribution in [1.82, 2.24) is 19.9 Å². The number of aromatic nitrogens is 3. The highest BCUT2D eigenvalue weighted by atomic mass is 16.5. The summed E-state index contributed by atoms with van der Waals surface area (Å²) in [5.74, 6) is 1.73. The molecule has 0 atom stereocenters. The van der Waals surface area contributed by atoms with Crippen LogP contribution < -0.4 is 14.5 Å². The van der Waals surface area contributed by atoms with E-state index in [1.54, 1.807) is 4.90 Å². The van der Waals surface area contributed by atoms with Gasteiger partial charge >= 0.3 is 11.9 Å². The minimum absolute atomic E-state index is 0.401. The summed E-state index contributed by atoms with van der Waals surface area (Å²) < 4.78 is 10.5. The quantitative estimate of drug-likeness (QED) is 0.332. The lowest BCUT2D eigenvalue weighted by Crippen LogP contribution is -2.51. The number of hydrogen-bond acceptors (Lipinski definition) is 9. The second kappa shape index (κ2) is 12.1. The van der Waals surface area contributed by atoms with E-state index in [4.69, 9.17) is 19.7 Å². The molecule has 0 aliphatic carbocycles. The van der Waals surface area contributed by atoms with Gasteiger partial charge in [0.1, 0.15) is 12.4 Å². The molecule has 4 heterocycles. The first kappa shape index (κ1) is 28.3. The van der Waals surface area contributed by atoms with Crippen molar-refractivity contribution in [3.05, 3.63) is 58.4 Å². The van der Waals surface area contributed by atoms with Gasteiger partial charge in [-0.3, -0.25) is 4.79 Å². The van der Waals surface area contributed by atoms with Crippen LogP contribution in [0, 0.1) is 13.8 Å². The van der Waals surface area contributed by atoms with Gasteiger partial charge in [0.2, 0.25) is 0 Å². The number of piperazine rings is 1. The number of pyridine rings is 1. The molecule has 0 unspecified atom stereocenters. The number of benzene rings is 1. The van der Waals surface area contributed by atoms with Crippen LogP contribution in [0.25, 0.3) is 11.4 Å². The van der Waals surface area contributed by atoms with Gasteiger partial charge in [-0.1, -0.05) is 32.0 Å². The summed E-state index contributed by atoms with van der Waals surface area (Å²) in [6.45, 7) is 12.1. The predicted octanol–water partition coefficient (Wildman–Crippen LogP) is 3.50. The van der Waals surface area contributed by atoms with Crippen molar-refractivity contribution in [3.63, 3.8) is 0 Å². The third kappa shape index (κ3) is 5.68. The van der Waals surface area contributed by atoms with E-state index < -0.39 is 11.9 Å². The van der Waals surface area contributed by atoms with Crippen molar-refractivity contribution in [1.29, 1.82) is 0 Å². The van der Waals surface area contributed by atoms with E-state index in [0.717, 1.165) is 58.6 Å². The number of aryl methyl sites for hydroxylation is 4. The topological polar surface area (TPSA) is 101 Å². The van der Waals surface area contributed by atoms with E-state index in [-0.39, 0.29) is 0 Å². The molecule has 1 aromatic carbocycles. The molecule has 0 bridgehead atoms. The summed E-state index contributed by atoms with van der Waals surface area (Å²) in [5, 5.41) is 0. The van der Waals surface area contributed by atoms with Gasteiger partial charge in [-0.05, 0) is 49.9 Å². The monoisotopic (exact) mass is 558 g/mol. The average Bonchev–Trinajstić information content (AvgIpc) is 3.00. The molecule has 5 rings (SSSR count). The molecule has 0 spiro atoms. The number of rotatable bonds is 6. The van der Waals surface area contributed by atoms with Crippen molar-refractivity contribution in [2.45, 2.75) is 47.1 Å². The number of ether oxygens (including phenoxy) is 2. The van der Waals surface area contributed by atoms with Gasteiger partial charge in [0.05, 0.1) is 20.2 Å². The van der Waals surface area contributed by atoms with Gasteiger partial charge in [0.25, 0.3) is 0 Å². The number of carbonyl (C=O) groups is 2. The Kier molecular flexibility index (Phi) is 8.37. The van der Waals surface area contributed by atoms with E-state index in [0.29, 0.717) is 45.9 Å². The van der Waals surface area contributed by atoms with Gasteiger partial charge in [-0.2, -0.15) is 0 Å². The number of amides is 1. The van der Waals surface area contributed by atoms with E-state index in [1.807, 2.05) is 26.0 Å². The van der Waals surface area contributed by atoms with Crippen LogP contribution in [-0.4, -0.2) is 78.2 Å². The molecule has 10 nitrogen and oxygen atoms in total. The van der Waals surface area contributed by atoms with Crippen LogP contribution >= 0.6 is 0 Å². The Bertz CT molecular complexity index is 1430. The van der Waals surface area contributed by atoms with Crippen LogP contribution in [0.4, 0.5) is 11.6 Å². The molecule has 0 saturated carbocycles.